The summed E-state index contributed by atoms with van der Waals surface area (Å²) in [5, 5.41) is 11.2. The van der Waals surface area contributed by atoms with E-state index in [-0.39, 0.29) is 32.1 Å². The lowest BCUT2D eigenvalue weighted by molar-refractivity contribution is -0.121. The van der Waals surface area contributed by atoms with Gasteiger partial charge in [0.1, 0.15) is 5.75 Å². The molecule has 6 heteroatoms. The number of hydrogen-bond donors (Lipinski definition) is 3. The Morgan fingerprint density at radius 2 is 2.05 bits per heavy atom. The van der Waals surface area contributed by atoms with E-state index in [4.69, 9.17) is 20.3 Å². The molecule has 106 valence electrons. The molecule has 4 N–H and O–H groups in total. The second-order valence-corrected chi connectivity index (χ2v) is 3.82. The number of benzene rings is 1. The number of carbonyl (C=O) groups is 1. The third-order valence-electron chi connectivity index (χ3n) is 2.31. The molecule has 0 aliphatic heterocycles. The van der Waals surface area contributed by atoms with Gasteiger partial charge in [-0.1, -0.05) is 12.1 Å². The summed E-state index contributed by atoms with van der Waals surface area (Å²) >= 11 is 0. The van der Waals surface area contributed by atoms with Crippen LogP contribution in [0.1, 0.15) is 6.42 Å². The number of aliphatic hydroxyl groups is 1. The van der Waals surface area contributed by atoms with Crippen LogP contribution in [-0.2, 0) is 9.53 Å². The van der Waals surface area contributed by atoms with Crippen LogP contribution in [-0.4, -0.2) is 44.0 Å². The standard InChI is InChI=1S/C13H20N2O4/c14-11-3-1-2-4-12(11)19-8-5-13(17)15-6-9-18-10-7-16/h1-4,16H,5-10,14H2,(H,15,17). The van der Waals surface area contributed by atoms with Crippen molar-refractivity contribution < 1.29 is 19.4 Å². The molecule has 6 nitrogen and oxygen atoms in total. The fourth-order valence-corrected chi connectivity index (χ4v) is 1.38. The smallest absolute Gasteiger partial charge is 0.223 e. The molecule has 0 saturated heterocycles. The average Bonchev–Trinajstić information content (AvgIpc) is 2.41. The number of nitrogens with two attached hydrogens (primary N) is 1. The maximum Gasteiger partial charge on any atom is 0.223 e. The molecule has 0 aromatic heterocycles. The molecule has 0 spiro atoms. The minimum atomic E-state index is -0.109. The third-order valence-corrected chi connectivity index (χ3v) is 2.31. The van der Waals surface area contributed by atoms with E-state index in [1.54, 1.807) is 12.1 Å². The van der Waals surface area contributed by atoms with Crippen molar-refractivity contribution in [1.29, 1.82) is 0 Å². The first kappa shape index (κ1) is 15.3. The summed E-state index contributed by atoms with van der Waals surface area (Å²) in [6, 6.07) is 7.15. The van der Waals surface area contributed by atoms with Gasteiger partial charge >= 0.3 is 0 Å². The van der Waals surface area contributed by atoms with Crippen molar-refractivity contribution in [2.75, 3.05) is 38.7 Å². The van der Waals surface area contributed by atoms with Crippen molar-refractivity contribution in [2.24, 2.45) is 0 Å². The van der Waals surface area contributed by atoms with Gasteiger partial charge in [-0.25, -0.2) is 0 Å². The van der Waals surface area contributed by atoms with Gasteiger partial charge in [0, 0.05) is 6.54 Å². The molecule has 19 heavy (non-hydrogen) atoms. The molecule has 0 radical (unpaired) electrons. The lowest BCUT2D eigenvalue weighted by Gasteiger charge is -2.09. The van der Waals surface area contributed by atoms with E-state index in [2.05, 4.69) is 5.32 Å². The van der Waals surface area contributed by atoms with E-state index in [1.807, 2.05) is 12.1 Å². The first-order valence-corrected chi connectivity index (χ1v) is 6.16. The number of ether oxygens (including phenoxy) is 2. The molecule has 0 fully saturated rings. The van der Waals surface area contributed by atoms with E-state index in [1.165, 1.54) is 0 Å². The Hall–Kier alpha value is -1.79. The zero-order chi connectivity index (χ0) is 13.9. The number of anilines is 1. The van der Waals surface area contributed by atoms with Crippen LogP contribution < -0.4 is 15.8 Å². The Labute approximate surface area is 112 Å². The highest BCUT2D eigenvalue weighted by Gasteiger charge is 2.03. The zero-order valence-corrected chi connectivity index (χ0v) is 10.8. The number of aliphatic hydroxyl groups excluding tert-OH is 1. The van der Waals surface area contributed by atoms with Crippen molar-refractivity contribution >= 4 is 11.6 Å². The predicted octanol–water partition coefficient (Wildman–Crippen LogP) is 0.163. The van der Waals surface area contributed by atoms with Crippen LogP contribution in [0.15, 0.2) is 24.3 Å². The van der Waals surface area contributed by atoms with Gasteiger partial charge in [0.05, 0.1) is 38.5 Å². The highest BCUT2D eigenvalue weighted by molar-refractivity contribution is 5.76. The molecule has 1 aromatic carbocycles. The van der Waals surface area contributed by atoms with Crippen LogP contribution in [0.3, 0.4) is 0 Å². The van der Waals surface area contributed by atoms with Crippen LogP contribution in [0.25, 0.3) is 0 Å². The number of nitrogens with one attached hydrogen (secondary N) is 1. The van der Waals surface area contributed by atoms with E-state index >= 15 is 0 Å². The number of amides is 1. The second kappa shape index (κ2) is 9.18. The van der Waals surface area contributed by atoms with Crippen molar-refractivity contribution in [3.8, 4) is 5.75 Å². The summed E-state index contributed by atoms with van der Waals surface area (Å²) in [5.41, 5.74) is 6.26. The lowest BCUT2D eigenvalue weighted by atomic mass is 10.3. The Morgan fingerprint density at radius 1 is 1.26 bits per heavy atom. The topological polar surface area (TPSA) is 93.8 Å². The number of para-hydroxylation sites is 2. The van der Waals surface area contributed by atoms with Gasteiger partial charge in [-0.2, -0.15) is 0 Å². The maximum atomic E-state index is 11.4. The average molecular weight is 268 g/mol. The largest absolute Gasteiger partial charge is 0.491 e. The Kier molecular flexibility index (Phi) is 7.38. The summed E-state index contributed by atoms with van der Waals surface area (Å²) in [4.78, 5) is 11.4. The molecule has 0 heterocycles. The molecule has 1 amide bonds. The molecule has 0 unspecified atom stereocenters. The van der Waals surface area contributed by atoms with E-state index in [9.17, 15) is 4.79 Å². The molecule has 0 atom stereocenters. The van der Waals surface area contributed by atoms with E-state index < -0.39 is 0 Å². The third kappa shape index (κ3) is 6.64. The summed E-state index contributed by atoms with van der Waals surface area (Å²) < 4.78 is 10.4. The van der Waals surface area contributed by atoms with E-state index in [0.717, 1.165) is 0 Å². The number of rotatable bonds is 9. The number of carbonyl (C=O) groups excluding carboxylic acids is 1. The van der Waals surface area contributed by atoms with Crippen molar-refractivity contribution in [3.63, 3.8) is 0 Å². The van der Waals surface area contributed by atoms with Crippen molar-refractivity contribution in [3.05, 3.63) is 24.3 Å². The van der Waals surface area contributed by atoms with Crippen LogP contribution in [0.5, 0.6) is 5.75 Å². The first-order chi connectivity index (χ1) is 9.24. The number of hydrogen-bond acceptors (Lipinski definition) is 5. The van der Waals surface area contributed by atoms with Gasteiger partial charge in [0.25, 0.3) is 0 Å². The molecule has 1 aromatic rings. The van der Waals surface area contributed by atoms with Gasteiger partial charge in [0.15, 0.2) is 0 Å². The summed E-state index contributed by atoms with van der Waals surface area (Å²) in [6.45, 7) is 1.36. The minimum absolute atomic E-state index is 0.0136. The van der Waals surface area contributed by atoms with Crippen LogP contribution in [0.4, 0.5) is 5.69 Å². The zero-order valence-electron chi connectivity index (χ0n) is 10.8. The molecule has 0 bridgehead atoms. The summed E-state index contributed by atoms with van der Waals surface area (Å²) in [5.74, 6) is 0.476. The maximum absolute atomic E-state index is 11.4. The van der Waals surface area contributed by atoms with Gasteiger partial charge in [-0.3, -0.25) is 4.79 Å². The van der Waals surface area contributed by atoms with Crippen molar-refractivity contribution in [2.45, 2.75) is 6.42 Å². The second-order valence-electron chi connectivity index (χ2n) is 3.82. The number of nitrogen functional groups attached to an aromatic ring is 1. The minimum Gasteiger partial charge on any atom is -0.491 e. The fourth-order valence-electron chi connectivity index (χ4n) is 1.38. The molecular weight excluding hydrogens is 248 g/mol. The molecule has 0 aliphatic carbocycles. The summed E-state index contributed by atoms with van der Waals surface area (Å²) in [6.07, 6.45) is 0.258. The quantitative estimate of drug-likeness (QED) is 0.438. The van der Waals surface area contributed by atoms with Crippen molar-refractivity contribution in [1.82, 2.24) is 5.32 Å². The SMILES string of the molecule is Nc1ccccc1OCCC(=O)NCCOCCO. The fraction of sp³-hybridized carbons (Fsp3) is 0.462. The monoisotopic (exact) mass is 268 g/mol. The van der Waals surface area contributed by atoms with Gasteiger partial charge < -0.3 is 25.6 Å². The highest BCUT2D eigenvalue weighted by Crippen LogP contribution is 2.19. The Morgan fingerprint density at radius 3 is 2.79 bits per heavy atom. The van der Waals surface area contributed by atoms with Crippen LogP contribution in [0, 0.1) is 0 Å². The molecule has 0 saturated carbocycles. The molecule has 1 rings (SSSR count). The van der Waals surface area contributed by atoms with Gasteiger partial charge in [-0.05, 0) is 12.1 Å². The normalized spacial score (nSPS) is 10.2. The van der Waals surface area contributed by atoms with Gasteiger partial charge in [-0.15, -0.1) is 0 Å². The molecule has 0 aliphatic rings. The Balaban J connectivity index is 2.09. The lowest BCUT2D eigenvalue weighted by Crippen LogP contribution is -2.28. The highest BCUT2D eigenvalue weighted by atomic mass is 16.5. The van der Waals surface area contributed by atoms with E-state index in [0.29, 0.717) is 24.6 Å². The Bertz CT molecular complexity index is 385. The van der Waals surface area contributed by atoms with Gasteiger partial charge in [0.2, 0.25) is 5.91 Å². The predicted molar refractivity (Wildman–Crippen MR) is 71.9 cm³/mol. The first-order valence-electron chi connectivity index (χ1n) is 6.16. The van der Waals surface area contributed by atoms with Crippen LogP contribution >= 0.6 is 0 Å². The summed E-state index contributed by atoms with van der Waals surface area (Å²) in [7, 11) is 0. The molecular formula is C13H20N2O4. The van der Waals surface area contributed by atoms with Crippen LogP contribution in [0.2, 0.25) is 0 Å².